The van der Waals surface area contributed by atoms with Crippen LogP contribution < -0.4 is 0 Å². The lowest BCUT2D eigenvalue weighted by Crippen LogP contribution is -2.45. The van der Waals surface area contributed by atoms with Crippen LogP contribution in [0.25, 0.3) is 0 Å². The molecule has 0 radical (unpaired) electrons. The van der Waals surface area contributed by atoms with E-state index in [2.05, 4.69) is 42.7 Å². The molecule has 0 aromatic carbocycles. The predicted octanol–water partition coefficient (Wildman–Crippen LogP) is 3.45. The van der Waals surface area contributed by atoms with Gasteiger partial charge in [0.05, 0.1) is 36.2 Å². The molecule has 6 nitrogen and oxygen atoms in total. The average Bonchev–Trinajstić information content (AvgIpc) is 2.78. The summed E-state index contributed by atoms with van der Waals surface area (Å²) in [6, 6.07) is 12.0. The molecule has 166 valence electrons. The van der Waals surface area contributed by atoms with Crippen LogP contribution in [0.4, 0.5) is 0 Å². The monoisotopic (exact) mass is 414 g/mol. The van der Waals surface area contributed by atoms with Gasteiger partial charge in [0.1, 0.15) is 0 Å². The maximum absolute atomic E-state index is 10.3. The zero-order chi connectivity index (χ0) is 21.8. The Morgan fingerprint density at radius 1 is 0.767 bits per heavy atom. The third-order valence-electron chi connectivity index (χ3n) is 5.26. The second-order valence-corrected chi connectivity index (χ2v) is 7.77. The molecule has 0 spiro atoms. The maximum atomic E-state index is 10.3. The van der Waals surface area contributed by atoms with Crippen LogP contribution in [0, 0.1) is 0 Å². The van der Waals surface area contributed by atoms with Gasteiger partial charge in [0.2, 0.25) is 0 Å². The van der Waals surface area contributed by atoms with Crippen LogP contribution in [0.15, 0.2) is 48.8 Å². The molecule has 0 fully saturated rings. The van der Waals surface area contributed by atoms with Gasteiger partial charge in [0.25, 0.3) is 0 Å². The van der Waals surface area contributed by atoms with Gasteiger partial charge in [-0.15, -0.1) is 0 Å². The van der Waals surface area contributed by atoms with E-state index in [0.717, 1.165) is 50.3 Å². The highest BCUT2D eigenvalue weighted by atomic mass is 16.3. The molecule has 0 aliphatic rings. The van der Waals surface area contributed by atoms with Crippen LogP contribution in [-0.4, -0.2) is 68.9 Å². The van der Waals surface area contributed by atoms with E-state index in [9.17, 15) is 10.2 Å². The summed E-state index contributed by atoms with van der Waals surface area (Å²) in [7, 11) is 0. The Kier molecular flexibility index (Phi) is 10.9. The van der Waals surface area contributed by atoms with E-state index in [-0.39, 0.29) is 18.7 Å². The highest BCUT2D eigenvalue weighted by Gasteiger charge is 2.36. The smallest absolute Gasteiger partial charge is 0.0897 e. The lowest BCUT2D eigenvalue weighted by atomic mass is 9.95. The number of nitrogens with zero attached hydrogens (tertiary/aromatic N) is 4. The normalized spacial score (nSPS) is 14.8. The lowest BCUT2D eigenvalue weighted by Gasteiger charge is -2.42. The number of pyridine rings is 2. The average molecular weight is 415 g/mol. The van der Waals surface area contributed by atoms with Crippen molar-refractivity contribution in [2.24, 2.45) is 0 Å². The number of hydrogen-bond acceptors (Lipinski definition) is 6. The minimum Gasteiger partial charge on any atom is -0.394 e. The molecule has 2 aromatic heterocycles. The van der Waals surface area contributed by atoms with Gasteiger partial charge in [-0.1, -0.05) is 32.9 Å². The molecule has 2 heterocycles. The molecule has 0 unspecified atom stereocenters. The summed E-state index contributed by atoms with van der Waals surface area (Å²) in [5.74, 6) is 0. The molecule has 3 atom stereocenters. The zero-order valence-electron chi connectivity index (χ0n) is 18.7. The number of hydrogen-bond donors (Lipinski definition) is 2. The highest BCUT2D eigenvalue weighted by molar-refractivity contribution is 5.19. The van der Waals surface area contributed by atoms with E-state index in [0.29, 0.717) is 6.54 Å². The van der Waals surface area contributed by atoms with Crippen molar-refractivity contribution in [3.8, 4) is 0 Å². The Morgan fingerprint density at radius 2 is 1.23 bits per heavy atom. The summed E-state index contributed by atoms with van der Waals surface area (Å²) in [5.41, 5.74) is 1.97. The van der Waals surface area contributed by atoms with E-state index in [1.165, 1.54) is 0 Å². The van der Waals surface area contributed by atoms with Gasteiger partial charge in [-0.3, -0.25) is 19.8 Å². The Balaban J connectivity index is 2.61. The van der Waals surface area contributed by atoms with Crippen molar-refractivity contribution in [2.45, 2.75) is 58.2 Å². The van der Waals surface area contributed by atoms with Crippen molar-refractivity contribution in [1.29, 1.82) is 0 Å². The fraction of sp³-hybridized carbons (Fsp3) is 0.583. The van der Waals surface area contributed by atoms with Crippen molar-refractivity contribution in [1.82, 2.24) is 19.8 Å². The van der Waals surface area contributed by atoms with E-state index in [4.69, 9.17) is 9.97 Å². The van der Waals surface area contributed by atoms with Crippen molar-refractivity contribution in [2.75, 3.05) is 32.8 Å². The molecular formula is C24H38N4O2. The summed E-state index contributed by atoms with van der Waals surface area (Å²) in [6.45, 7) is 9.40. The molecule has 0 aliphatic carbocycles. The minimum atomic E-state index is -0.794. The molecule has 0 aliphatic heterocycles. The predicted molar refractivity (Wildman–Crippen MR) is 121 cm³/mol. The van der Waals surface area contributed by atoms with E-state index < -0.39 is 6.10 Å². The van der Waals surface area contributed by atoms with Gasteiger partial charge < -0.3 is 10.2 Å². The molecule has 2 rings (SSSR count). The van der Waals surface area contributed by atoms with Crippen LogP contribution in [0.1, 0.15) is 63.5 Å². The molecule has 0 saturated heterocycles. The van der Waals surface area contributed by atoms with Gasteiger partial charge in [-0.25, -0.2) is 0 Å². The molecule has 0 amide bonds. The number of aromatic nitrogens is 2. The first-order valence-corrected chi connectivity index (χ1v) is 11.2. The van der Waals surface area contributed by atoms with Crippen LogP contribution >= 0.6 is 0 Å². The fourth-order valence-corrected chi connectivity index (χ4v) is 4.12. The first-order valence-electron chi connectivity index (χ1n) is 11.2. The first-order chi connectivity index (χ1) is 14.7. The largest absolute Gasteiger partial charge is 0.394 e. The minimum absolute atomic E-state index is 0.00144. The Morgan fingerprint density at radius 3 is 1.63 bits per heavy atom. The molecule has 30 heavy (non-hydrogen) atoms. The first kappa shape index (κ1) is 24.4. The Hall–Kier alpha value is -1.86. The van der Waals surface area contributed by atoms with Crippen molar-refractivity contribution >= 4 is 0 Å². The number of rotatable bonds is 14. The summed E-state index contributed by atoms with van der Waals surface area (Å²) in [4.78, 5) is 14.2. The van der Waals surface area contributed by atoms with Crippen LogP contribution in [0.2, 0.25) is 0 Å². The summed E-state index contributed by atoms with van der Waals surface area (Å²) < 4.78 is 0. The third-order valence-corrected chi connectivity index (χ3v) is 5.26. The van der Waals surface area contributed by atoms with Gasteiger partial charge in [0.15, 0.2) is 0 Å². The van der Waals surface area contributed by atoms with Crippen molar-refractivity contribution in [3.05, 3.63) is 60.2 Å². The second kappa shape index (κ2) is 13.4. The van der Waals surface area contributed by atoms with Gasteiger partial charge in [0, 0.05) is 18.9 Å². The highest BCUT2D eigenvalue weighted by Crippen LogP contribution is 2.37. The molecule has 0 saturated carbocycles. The Labute approximate surface area is 181 Å². The summed E-state index contributed by atoms with van der Waals surface area (Å²) >= 11 is 0. The topological polar surface area (TPSA) is 72.7 Å². The van der Waals surface area contributed by atoms with E-state index in [1.807, 2.05) is 36.7 Å². The lowest BCUT2D eigenvalue weighted by molar-refractivity contribution is 0.0137. The van der Waals surface area contributed by atoms with Crippen LogP contribution in [0.3, 0.4) is 0 Å². The standard InChI is InChI=1S/C24H38N4O2/c1-4-15-27(16-5-2)23(21-11-7-9-13-25-21)24(22-12-8-10-14-26-22)28(17-6-3)18-20(30)19-29/h7-14,20,23-24,29-30H,4-6,15-19H2,1-3H3/t20-,23+,24+/m0/s1. The quantitative estimate of drug-likeness (QED) is 0.493. The number of aliphatic hydroxyl groups is 2. The fourth-order valence-electron chi connectivity index (χ4n) is 4.12. The van der Waals surface area contributed by atoms with Gasteiger partial charge in [-0.2, -0.15) is 0 Å². The molecule has 0 bridgehead atoms. The number of aliphatic hydroxyl groups excluding tert-OH is 2. The maximum Gasteiger partial charge on any atom is 0.0897 e. The van der Waals surface area contributed by atoms with E-state index in [1.54, 1.807) is 0 Å². The Bertz CT molecular complexity index is 680. The molecule has 6 heteroatoms. The molecule has 2 aromatic rings. The molecule has 2 N–H and O–H groups in total. The summed E-state index contributed by atoms with van der Waals surface area (Å²) in [6.07, 6.45) is 5.92. The zero-order valence-corrected chi connectivity index (χ0v) is 18.7. The molecular weight excluding hydrogens is 376 g/mol. The van der Waals surface area contributed by atoms with E-state index >= 15 is 0 Å². The van der Waals surface area contributed by atoms with Crippen molar-refractivity contribution < 1.29 is 10.2 Å². The third kappa shape index (κ3) is 6.84. The van der Waals surface area contributed by atoms with Gasteiger partial charge in [-0.05, 0) is 63.2 Å². The van der Waals surface area contributed by atoms with Crippen LogP contribution in [0.5, 0.6) is 0 Å². The summed E-state index contributed by atoms with van der Waals surface area (Å²) in [5, 5.41) is 19.8. The van der Waals surface area contributed by atoms with Crippen molar-refractivity contribution in [3.63, 3.8) is 0 Å². The van der Waals surface area contributed by atoms with Crippen LogP contribution in [-0.2, 0) is 0 Å². The van der Waals surface area contributed by atoms with Gasteiger partial charge >= 0.3 is 0 Å². The second-order valence-electron chi connectivity index (χ2n) is 7.77. The SMILES string of the molecule is CCCN(CCC)[C@H](c1ccccn1)[C@@H](c1ccccn1)N(CCC)C[C@H](O)CO.